The van der Waals surface area contributed by atoms with Crippen molar-refractivity contribution in [2.24, 2.45) is 4.99 Å². The number of hydrazine groups is 2. The predicted octanol–water partition coefficient (Wildman–Crippen LogP) is 1.80. The van der Waals surface area contributed by atoms with E-state index in [1.165, 1.54) is 39.7 Å². The van der Waals surface area contributed by atoms with Gasteiger partial charge in [0, 0.05) is 12.7 Å². The van der Waals surface area contributed by atoms with Crippen molar-refractivity contribution >= 4 is 17.5 Å². The van der Waals surface area contributed by atoms with Gasteiger partial charge in [0.25, 0.3) is 11.8 Å². The number of carbonyl (C=O) groups is 2. The lowest BCUT2D eigenvalue weighted by atomic mass is 10.0. The Morgan fingerprint density at radius 3 is 2.39 bits per heavy atom. The summed E-state index contributed by atoms with van der Waals surface area (Å²) in [6, 6.07) is 11.5. The Labute approximate surface area is 221 Å². The molecule has 0 aromatic heterocycles. The van der Waals surface area contributed by atoms with Crippen molar-refractivity contribution < 1.29 is 23.8 Å². The smallest absolute Gasteiger partial charge is 0.271 e. The van der Waals surface area contributed by atoms with E-state index in [9.17, 15) is 9.59 Å². The lowest BCUT2D eigenvalue weighted by molar-refractivity contribution is -0.118. The number of hydrogen-bond donors (Lipinski definition) is 4. The molecule has 2 amide bonds. The van der Waals surface area contributed by atoms with Crippen LogP contribution in [0.1, 0.15) is 46.3 Å². The van der Waals surface area contributed by atoms with E-state index < -0.39 is 0 Å². The zero-order valence-electron chi connectivity index (χ0n) is 21.7. The first-order chi connectivity index (χ1) is 18.5. The fourth-order valence-corrected chi connectivity index (χ4v) is 4.43. The van der Waals surface area contributed by atoms with Crippen molar-refractivity contribution in [3.63, 3.8) is 0 Å². The summed E-state index contributed by atoms with van der Waals surface area (Å²) in [5, 5.41) is 7.62. The highest BCUT2D eigenvalue weighted by Gasteiger charge is 2.30. The molecular weight excluding hydrogens is 488 g/mol. The van der Waals surface area contributed by atoms with Crippen LogP contribution in [0.4, 0.5) is 0 Å². The Kier molecular flexibility index (Phi) is 7.36. The predicted molar refractivity (Wildman–Crippen MR) is 141 cm³/mol. The molecule has 1 saturated carbocycles. The van der Waals surface area contributed by atoms with Crippen molar-refractivity contribution in [3.05, 3.63) is 65.0 Å². The highest BCUT2D eigenvalue weighted by molar-refractivity contribution is 6.05. The maximum atomic E-state index is 13.0. The van der Waals surface area contributed by atoms with Gasteiger partial charge in [-0.05, 0) is 42.0 Å². The van der Waals surface area contributed by atoms with E-state index in [2.05, 4.69) is 50.9 Å². The Bertz CT molecular complexity index is 1270. The average Bonchev–Trinajstić information content (AvgIpc) is 3.89. The summed E-state index contributed by atoms with van der Waals surface area (Å²) in [5.74, 6) is 1.23. The average molecular weight is 521 g/mol. The van der Waals surface area contributed by atoms with Crippen molar-refractivity contribution in [2.75, 3.05) is 41.0 Å². The van der Waals surface area contributed by atoms with Gasteiger partial charge < -0.3 is 24.8 Å². The molecule has 2 aliphatic heterocycles. The summed E-state index contributed by atoms with van der Waals surface area (Å²) < 4.78 is 16.0. The first-order valence-electron chi connectivity index (χ1n) is 12.5. The van der Waals surface area contributed by atoms with Crippen LogP contribution >= 0.6 is 0 Å². The number of nitrogens with zero attached hydrogens (tertiary/aromatic N) is 2. The highest BCUT2D eigenvalue weighted by Crippen LogP contribution is 2.41. The molecule has 1 unspecified atom stereocenters. The van der Waals surface area contributed by atoms with Crippen molar-refractivity contribution in [3.8, 4) is 17.2 Å². The van der Waals surface area contributed by atoms with E-state index in [0.29, 0.717) is 54.1 Å². The number of ether oxygens (including phenoxy) is 3. The van der Waals surface area contributed by atoms with Gasteiger partial charge in [-0.15, -0.1) is 5.53 Å². The lowest BCUT2D eigenvalue weighted by Crippen LogP contribution is -2.42. The Morgan fingerprint density at radius 2 is 1.76 bits per heavy atom. The maximum Gasteiger partial charge on any atom is 0.271 e. The van der Waals surface area contributed by atoms with Crippen molar-refractivity contribution in [1.29, 1.82) is 0 Å². The monoisotopic (exact) mass is 520 g/mol. The van der Waals surface area contributed by atoms with Gasteiger partial charge in [-0.25, -0.2) is 0 Å². The molecule has 38 heavy (non-hydrogen) atoms. The lowest BCUT2D eigenvalue weighted by Gasteiger charge is -2.17. The molecule has 0 bridgehead atoms. The second-order valence-electron chi connectivity index (χ2n) is 9.27. The molecule has 4 N–H and O–H groups in total. The standard InChI is InChI=1S/C27H32N6O5/c1-36-22-11-10-19(24(37-2)25(22)38-3)26(34)28-12-13-33-15-21(31-32-33)27(35)30-23(20-14-29-20)18-8-6-17(7-9-18)16-4-5-16/h6-11,15-16,23,31-32H,4-5,12-14H2,1-3H3,(H,28,34)(H,30,35). The summed E-state index contributed by atoms with van der Waals surface area (Å²) in [6.45, 7) is 1.38. The zero-order valence-corrected chi connectivity index (χ0v) is 21.7. The van der Waals surface area contributed by atoms with Gasteiger partial charge in [-0.1, -0.05) is 24.3 Å². The Balaban J connectivity index is 1.15. The molecule has 1 aliphatic carbocycles. The Morgan fingerprint density at radius 1 is 1.03 bits per heavy atom. The second-order valence-corrected chi connectivity index (χ2v) is 9.27. The maximum absolute atomic E-state index is 13.0. The zero-order chi connectivity index (χ0) is 26.6. The van der Waals surface area contributed by atoms with E-state index in [0.717, 1.165) is 11.3 Å². The molecule has 2 aromatic carbocycles. The number of rotatable bonds is 12. The number of aliphatic imine (C=N–C) groups is 1. The van der Waals surface area contributed by atoms with Gasteiger partial charge in [0.1, 0.15) is 5.70 Å². The van der Waals surface area contributed by atoms with Crippen LogP contribution in [-0.2, 0) is 4.79 Å². The van der Waals surface area contributed by atoms with Crippen LogP contribution in [0.2, 0.25) is 0 Å². The van der Waals surface area contributed by atoms with Crippen LogP contribution < -0.4 is 35.8 Å². The van der Waals surface area contributed by atoms with Gasteiger partial charge in [0.2, 0.25) is 5.75 Å². The molecule has 3 aliphatic rings. The van der Waals surface area contributed by atoms with E-state index in [4.69, 9.17) is 14.2 Å². The largest absolute Gasteiger partial charge is 0.493 e. The summed E-state index contributed by atoms with van der Waals surface area (Å²) in [6.07, 6.45) is 4.17. The summed E-state index contributed by atoms with van der Waals surface area (Å²) >= 11 is 0. The number of amides is 2. The molecule has 11 heteroatoms. The fourth-order valence-electron chi connectivity index (χ4n) is 4.43. The summed E-state index contributed by atoms with van der Waals surface area (Å²) in [4.78, 5) is 30.1. The second kappa shape index (κ2) is 11.0. The molecule has 0 spiro atoms. The molecule has 2 aromatic rings. The van der Waals surface area contributed by atoms with Crippen LogP contribution in [0.3, 0.4) is 0 Å². The minimum Gasteiger partial charge on any atom is -0.493 e. The van der Waals surface area contributed by atoms with Gasteiger partial charge in [0.15, 0.2) is 11.5 Å². The van der Waals surface area contributed by atoms with Gasteiger partial charge in [-0.2, -0.15) is 0 Å². The molecule has 11 nitrogen and oxygen atoms in total. The minimum atomic E-state index is -0.322. The normalized spacial score (nSPS) is 16.6. The number of carbonyl (C=O) groups excluding carboxylic acids is 2. The minimum absolute atomic E-state index is 0.245. The van der Waals surface area contributed by atoms with Crippen LogP contribution in [0, 0.1) is 0 Å². The molecule has 200 valence electrons. The van der Waals surface area contributed by atoms with Crippen LogP contribution in [-0.4, -0.2) is 63.5 Å². The van der Waals surface area contributed by atoms with Crippen molar-refractivity contribution in [2.45, 2.75) is 24.8 Å². The van der Waals surface area contributed by atoms with Crippen LogP contribution in [0.15, 0.2) is 53.3 Å². The number of hydrogen-bond acceptors (Lipinski definition) is 9. The first kappa shape index (κ1) is 25.4. The third-order valence-electron chi connectivity index (χ3n) is 6.72. The fraction of sp³-hybridized carbons (Fsp3) is 0.370. The third-order valence-corrected chi connectivity index (χ3v) is 6.72. The Hall–Kier alpha value is -4.25. The van der Waals surface area contributed by atoms with Crippen LogP contribution in [0.5, 0.6) is 17.2 Å². The molecule has 5 rings (SSSR count). The molecule has 0 saturated heterocycles. The van der Waals surface area contributed by atoms with Gasteiger partial charge >= 0.3 is 0 Å². The SMILES string of the molecule is COc1ccc(C(=O)NCCN2C=C(C(=O)NC(C3=NC3)c3ccc(C4CC4)cc3)NN2)c(OC)c1OC. The third kappa shape index (κ3) is 5.52. The number of nitrogens with one attached hydrogen (secondary N) is 4. The molecular formula is C27H32N6O5. The van der Waals surface area contributed by atoms with Crippen molar-refractivity contribution in [1.82, 2.24) is 26.6 Å². The van der Waals surface area contributed by atoms with E-state index >= 15 is 0 Å². The molecule has 1 fully saturated rings. The number of benzene rings is 2. The highest BCUT2D eigenvalue weighted by atomic mass is 16.5. The van der Waals surface area contributed by atoms with E-state index in [-0.39, 0.29) is 17.9 Å². The first-order valence-corrected chi connectivity index (χ1v) is 12.5. The van der Waals surface area contributed by atoms with E-state index in [1.54, 1.807) is 23.3 Å². The summed E-state index contributed by atoms with van der Waals surface area (Å²) in [5.41, 5.74) is 9.87. The number of methoxy groups -OCH3 is 3. The molecule has 0 radical (unpaired) electrons. The molecule has 1 atom stereocenters. The van der Waals surface area contributed by atoms with E-state index in [1.807, 2.05) is 0 Å². The summed E-state index contributed by atoms with van der Waals surface area (Å²) in [7, 11) is 4.47. The molecule has 2 heterocycles. The quantitative estimate of drug-likeness (QED) is 0.334. The topological polar surface area (TPSA) is 126 Å². The van der Waals surface area contributed by atoms with Crippen LogP contribution in [0.25, 0.3) is 0 Å². The van der Waals surface area contributed by atoms with Gasteiger partial charge in [-0.3, -0.25) is 25.0 Å². The van der Waals surface area contributed by atoms with Gasteiger partial charge in [0.05, 0.1) is 51.7 Å².